The normalized spacial score (nSPS) is 24.9. The van der Waals surface area contributed by atoms with Crippen LogP contribution in [-0.2, 0) is 10.3 Å². The molecule has 2 rings (SSSR count). The number of nitrogens with zero attached hydrogens (tertiary/aromatic N) is 1. The van der Waals surface area contributed by atoms with E-state index in [2.05, 4.69) is 15.6 Å². The second kappa shape index (κ2) is 5.03. The molecule has 1 heterocycles. The number of nitrogens with one attached hydrogen (secondary N) is 2. The lowest BCUT2D eigenvalue weighted by molar-refractivity contribution is -0.125. The molecule has 0 spiro atoms. The predicted octanol–water partition coefficient (Wildman–Crippen LogP) is 2.02. The highest BCUT2D eigenvalue weighted by atomic mass is 16.2. The molecule has 1 aromatic rings. The van der Waals surface area contributed by atoms with Crippen molar-refractivity contribution in [2.45, 2.75) is 39.3 Å². The van der Waals surface area contributed by atoms with Crippen molar-refractivity contribution in [1.29, 1.82) is 0 Å². The van der Waals surface area contributed by atoms with Crippen LogP contribution in [0.3, 0.4) is 0 Å². The van der Waals surface area contributed by atoms with E-state index in [-0.39, 0.29) is 17.9 Å². The Kier molecular flexibility index (Phi) is 3.60. The Morgan fingerprint density at radius 2 is 1.74 bits per heavy atom. The highest BCUT2D eigenvalue weighted by Crippen LogP contribution is 2.32. The lowest BCUT2D eigenvalue weighted by Crippen LogP contribution is -2.48. The minimum absolute atomic E-state index is 0.0342. The molecule has 4 nitrogen and oxygen atoms in total. The van der Waals surface area contributed by atoms with Gasteiger partial charge in [0.1, 0.15) is 5.54 Å². The molecule has 4 heteroatoms. The van der Waals surface area contributed by atoms with Gasteiger partial charge < -0.3 is 5.32 Å². The zero-order chi connectivity index (χ0) is 14.0. The summed E-state index contributed by atoms with van der Waals surface area (Å²) in [4.78, 5) is 16.9. The Hall–Kier alpha value is -1.84. The first-order valence-corrected chi connectivity index (χ1v) is 6.69. The van der Waals surface area contributed by atoms with Crippen LogP contribution in [0.4, 0.5) is 0 Å². The highest BCUT2D eigenvalue weighted by molar-refractivity contribution is 6.09. The van der Waals surface area contributed by atoms with E-state index in [1.54, 1.807) is 0 Å². The van der Waals surface area contributed by atoms with Gasteiger partial charge in [-0.3, -0.25) is 15.1 Å². The number of guanidine groups is 1. The van der Waals surface area contributed by atoms with E-state index in [0.717, 1.165) is 5.56 Å². The van der Waals surface area contributed by atoms with Gasteiger partial charge in [-0.15, -0.1) is 0 Å². The van der Waals surface area contributed by atoms with Gasteiger partial charge in [0.25, 0.3) is 5.91 Å². The number of aliphatic imine (C=N–C) groups is 1. The topological polar surface area (TPSA) is 53.5 Å². The fourth-order valence-electron chi connectivity index (χ4n) is 2.45. The van der Waals surface area contributed by atoms with Gasteiger partial charge >= 0.3 is 0 Å². The number of hydrogen-bond acceptors (Lipinski definition) is 2. The molecule has 0 saturated carbocycles. The zero-order valence-corrected chi connectivity index (χ0v) is 11.9. The lowest BCUT2D eigenvalue weighted by atomic mass is 9.80. The summed E-state index contributed by atoms with van der Waals surface area (Å²) < 4.78 is 0. The molecule has 1 aliphatic rings. The third-order valence-corrected chi connectivity index (χ3v) is 3.39. The van der Waals surface area contributed by atoms with Crippen LogP contribution in [-0.4, -0.2) is 17.9 Å². The quantitative estimate of drug-likeness (QED) is 0.872. The van der Waals surface area contributed by atoms with Gasteiger partial charge in [-0.1, -0.05) is 44.2 Å². The van der Waals surface area contributed by atoms with E-state index in [0.29, 0.717) is 5.96 Å². The largest absolute Gasteiger partial charge is 0.338 e. The monoisotopic (exact) mass is 259 g/mol. The molecule has 1 amide bonds. The van der Waals surface area contributed by atoms with E-state index < -0.39 is 5.54 Å². The van der Waals surface area contributed by atoms with E-state index >= 15 is 0 Å². The zero-order valence-electron chi connectivity index (χ0n) is 11.9. The van der Waals surface area contributed by atoms with Crippen molar-refractivity contribution in [3.05, 3.63) is 35.9 Å². The maximum Gasteiger partial charge on any atom is 0.257 e. The van der Waals surface area contributed by atoms with Crippen LogP contribution in [0.2, 0.25) is 0 Å². The summed E-state index contributed by atoms with van der Waals surface area (Å²) in [6, 6.07) is 9.95. The average Bonchev–Trinajstić information content (AvgIpc) is 2.67. The fourth-order valence-corrected chi connectivity index (χ4v) is 2.45. The van der Waals surface area contributed by atoms with Gasteiger partial charge in [0.05, 0.1) is 0 Å². The van der Waals surface area contributed by atoms with Gasteiger partial charge in [0.15, 0.2) is 5.96 Å². The number of rotatable bonds is 3. The Balaban J connectivity index is 2.45. The van der Waals surface area contributed by atoms with Gasteiger partial charge in [0, 0.05) is 6.04 Å². The van der Waals surface area contributed by atoms with Crippen molar-refractivity contribution < 1.29 is 4.79 Å². The van der Waals surface area contributed by atoms with Crippen molar-refractivity contribution in [3.63, 3.8) is 0 Å². The molecular weight excluding hydrogens is 238 g/mol. The van der Waals surface area contributed by atoms with Crippen LogP contribution in [0, 0.1) is 5.92 Å². The molecule has 0 bridgehead atoms. The number of carbonyl (C=O) groups excluding carboxylic acids is 1. The molecule has 102 valence electrons. The van der Waals surface area contributed by atoms with Crippen molar-refractivity contribution in [2.24, 2.45) is 10.9 Å². The molecule has 1 atom stereocenters. The second-order valence-electron chi connectivity index (χ2n) is 5.48. The van der Waals surface area contributed by atoms with Crippen molar-refractivity contribution in [2.75, 3.05) is 0 Å². The first-order valence-electron chi connectivity index (χ1n) is 6.69. The third kappa shape index (κ3) is 2.35. The first kappa shape index (κ1) is 13.6. The molecular formula is C15H21N3O. The van der Waals surface area contributed by atoms with Crippen molar-refractivity contribution in [1.82, 2.24) is 10.6 Å². The molecule has 19 heavy (non-hydrogen) atoms. The van der Waals surface area contributed by atoms with Crippen molar-refractivity contribution >= 4 is 11.9 Å². The molecule has 0 aliphatic carbocycles. The van der Waals surface area contributed by atoms with Crippen LogP contribution in [0.5, 0.6) is 0 Å². The Morgan fingerprint density at radius 1 is 1.11 bits per heavy atom. The van der Waals surface area contributed by atoms with E-state index in [1.807, 2.05) is 58.0 Å². The summed E-state index contributed by atoms with van der Waals surface area (Å²) in [6.45, 7) is 8.05. The Labute approximate surface area is 114 Å². The van der Waals surface area contributed by atoms with Crippen LogP contribution in [0.15, 0.2) is 35.3 Å². The van der Waals surface area contributed by atoms with Crippen LogP contribution in [0.1, 0.15) is 33.3 Å². The van der Waals surface area contributed by atoms with E-state index in [9.17, 15) is 4.79 Å². The maximum atomic E-state index is 12.5. The number of benzene rings is 1. The molecule has 0 aromatic heterocycles. The minimum atomic E-state index is -0.727. The van der Waals surface area contributed by atoms with Crippen LogP contribution >= 0.6 is 0 Å². The molecule has 0 radical (unpaired) electrons. The van der Waals surface area contributed by atoms with E-state index in [4.69, 9.17) is 0 Å². The number of amides is 1. The number of carbonyl (C=O) groups is 1. The average molecular weight is 259 g/mol. The maximum absolute atomic E-state index is 12.5. The lowest BCUT2D eigenvalue weighted by Gasteiger charge is -2.31. The summed E-state index contributed by atoms with van der Waals surface area (Å²) in [5, 5.41) is 6.15. The summed E-state index contributed by atoms with van der Waals surface area (Å²) in [5.41, 5.74) is 0.242. The number of hydrogen-bond donors (Lipinski definition) is 2. The van der Waals surface area contributed by atoms with Crippen molar-refractivity contribution in [3.8, 4) is 0 Å². The van der Waals surface area contributed by atoms with Gasteiger partial charge in [-0.05, 0) is 25.3 Å². The molecule has 2 N–H and O–H groups in total. The second-order valence-corrected chi connectivity index (χ2v) is 5.48. The SMILES string of the molecule is CC(C)N=C1NC(=O)C(c2ccccc2)(C(C)C)N1. The van der Waals surface area contributed by atoms with E-state index in [1.165, 1.54) is 0 Å². The van der Waals surface area contributed by atoms with Gasteiger partial charge in [0.2, 0.25) is 0 Å². The molecule has 1 saturated heterocycles. The standard InChI is InChI=1S/C15H21N3O/c1-10(2)15(12-8-6-5-7-9-12)13(19)17-14(18-15)16-11(3)4/h5-11H,1-4H3,(H2,16,17,18,19). The van der Waals surface area contributed by atoms with Gasteiger partial charge in [-0.25, -0.2) is 0 Å². The summed E-state index contributed by atoms with van der Waals surface area (Å²) in [7, 11) is 0. The first-order chi connectivity index (χ1) is 8.96. The molecule has 1 unspecified atom stereocenters. The molecule has 1 aromatic carbocycles. The smallest absolute Gasteiger partial charge is 0.257 e. The fraction of sp³-hybridized carbons (Fsp3) is 0.467. The Bertz CT molecular complexity index is 493. The predicted molar refractivity (Wildman–Crippen MR) is 76.8 cm³/mol. The summed E-state index contributed by atoms with van der Waals surface area (Å²) in [6.07, 6.45) is 0. The molecule has 1 fully saturated rings. The van der Waals surface area contributed by atoms with Crippen LogP contribution in [0.25, 0.3) is 0 Å². The Morgan fingerprint density at radius 3 is 2.26 bits per heavy atom. The van der Waals surface area contributed by atoms with Crippen LogP contribution < -0.4 is 10.6 Å². The highest BCUT2D eigenvalue weighted by Gasteiger charge is 2.49. The third-order valence-electron chi connectivity index (χ3n) is 3.39. The molecule has 1 aliphatic heterocycles. The summed E-state index contributed by atoms with van der Waals surface area (Å²) in [5.74, 6) is 0.653. The van der Waals surface area contributed by atoms with Gasteiger partial charge in [-0.2, -0.15) is 0 Å². The summed E-state index contributed by atoms with van der Waals surface area (Å²) >= 11 is 0. The minimum Gasteiger partial charge on any atom is -0.338 e.